The standard InChI is InChI=1S/C17H22N4O3S2/c1-3-15(22)19-13-6-4-7-14(10-13)24-11-16(23)18-8-5-9-25-17-21-20-12(2)26-17/h4,6-7,10H,3,5,8-9,11H2,1-2H3,(H,18,23)(H,19,22). The van der Waals surface area contributed by atoms with Gasteiger partial charge in [0.2, 0.25) is 5.91 Å². The molecule has 1 aromatic carbocycles. The molecule has 2 N–H and O–H groups in total. The average Bonchev–Trinajstić information content (AvgIpc) is 3.05. The molecule has 0 aliphatic rings. The summed E-state index contributed by atoms with van der Waals surface area (Å²) in [5, 5.41) is 14.5. The van der Waals surface area contributed by atoms with Crippen LogP contribution in [0.5, 0.6) is 5.75 Å². The Morgan fingerprint density at radius 2 is 2.12 bits per heavy atom. The lowest BCUT2D eigenvalue weighted by molar-refractivity contribution is -0.123. The van der Waals surface area contributed by atoms with Crippen LogP contribution in [0.2, 0.25) is 0 Å². The van der Waals surface area contributed by atoms with Gasteiger partial charge in [-0.2, -0.15) is 0 Å². The van der Waals surface area contributed by atoms with Crippen LogP contribution in [-0.2, 0) is 9.59 Å². The smallest absolute Gasteiger partial charge is 0.257 e. The summed E-state index contributed by atoms with van der Waals surface area (Å²) in [5.41, 5.74) is 0.652. The number of benzene rings is 1. The number of amides is 2. The Kier molecular flexibility index (Phi) is 8.36. The molecule has 0 saturated heterocycles. The molecule has 26 heavy (non-hydrogen) atoms. The lowest BCUT2D eigenvalue weighted by Gasteiger charge is -2.09. The Hall–Kier alpha value is -2.13. The van der Waals surface area contributed by atoms with Crippen molar-refractivity contribution in [1.29, 1.82) is 0 Å². The van der Waals surface area contributed by atoms with Crippen molar-refractivity contribution in [3.8, 4) is 5.75 Å². The summed E-state index contributed by atoms with van der Waals surface area (Å²) in [4.78, 5) is 23.2. The van der Waals surface area contributed by atoms with E-state index in [-0.39, 0.29) is 18.4 Å². The number of hydrogen-bond acceptors (Lipinski definition) is 7. The summed E-state index contributed by atoms with van der Waals surface area (Å²) >= 11 is 3.21. The van der Waals surface area contributed by atoms with Gasteiger partial charge in [0.05, 0.1) is 0 Å². The lowest BCUT2D eigenvalue weighted by atomic mass is 10.3. The van der Waals surface area contributed by atoms with Gasteiger partial charge in [-0.15, -0.1) is 10.2 Å². The van der Waals surface area contributed by atoms with Crippen molar-refractivity contribution in [1.82, 2.24) is 15.5 Å². The maximum Gasteiger partial charge on any atom is 0.257 e. The second-order valence-corrected chi connectivity index (χ2v) is 7.88. The number of aromatic nitrogens is 2. The number of thioether (sulfide) groups is 1. The first-order chi connectivity index (χ1) is 12.6. The third-order valence-electron chi connectivity index (χ3n) is 3.19. The van der Waals surface area contributed by atoms with E-state index < -0.39 is 0 Å². The zero-order valence-corrected chi connectivity index (χ0v) is 16.4. The Bertz CT molecular complexity index is 736. The maximum atomic E-state index is 11.8. The van der Waals surface area contributed by atoms with E-state index >= 15 is 0 Å². The van der Waals surface area contributed by atoms with Crippen molar-refractivity contribution >= 4 is 40.6 Å². The quantitative estimate of drug-likeness (QED) is 0.475. The van der Waals surface area contributed by atoms with Crippen molar-refractivity contribution < 1.29 is 14.3 Å². The number of anilines is 1. The molecule has 2 rings (SSSR count). The van der Waals surface area contributed by atoms with Crippen LogP contribution in [0.1, 0.15) is 24.8 Å². The Balaban J connectivity index is 1.62. The van der Waals surface area contributed by atoms with Crippen LogP contribution in [0.3, 0.4) is 0 Å². The minimum atomic E-state index is -0.176. The molecule has 0 bridgehead atoms. The molecular weight excluding hydrogens is 372 g/mol. The Morgan fingerprint density at radius 1 is 1.27 bits per heavy atom. The van der Waals surface area contributed by atoms with Gasteiger partial charge in [-0.3, -0.25) is 9.59 Å². The van der Waals surface area contributed by atoms with Gasteiger partial charge in [0, 0.05) is 30.5 Å². The van der Waals surface area contributed by atoms with Gasteiger partial charge in [-0.05, 0) is 25.5 Å². The summed E-state index contributed by atoms with van der Waals surface area (Å²) in [5.74, 6) is 1.16. The predicted molar refractivity (Wildman–Crippen MR) is 104 cm³/mol. The number of nitrogens with one attached hydrogen (secondary N) is 2. The zero-order chi connectivity index (χ0) is 18.8. The van der Waals surface area contributed by atoms with E-state index in [1.807, 2.05) is 6.92 Å². The third kappa shape index (κ3) is 7.40. The van der Waals surface area contributed by atoms with E-state index in [4.69, 9.17) is 4.74 Å². The Labute approximate surface area is 160 Å². The van der Waals surface area contributed by atoms with Crippen LogP contribution in [0, 0.1) is 6.92 Å². The van der Waals surface area contributed by atoms with E-state index in [1.54, 1.807) is 54.3 Å². The number of aryl methyl sites for hydroxylation is 1. The fourth-order valence-corrected chi connectivity index (χ4v) is 3.73. The molecule has 0 aliphatic heterocycles. The van der Waals surface area contributed by atoms with Crippen LogP contribution in [-0.4, -0.2) is 40.9 Å². The largest absolute Gasteiger partial charge is 0.484 e. The molecule has 0 unspecified atom stereocenters. The van der Waals surface area contributed by atoms with Crippen molar-refractivity contribution in [3.05, 3.63) is 29.3 Å². The minimum Gasteiger partial charge on any atom is -0.484 e. The molecule has 0 fully saturated rings. The van der Waals surface area contributed by atoms with Gasteiger partial charge in [-0.25, -0.2) is 0 Å². The Morgan fingerprint density at radius 3 is 2.85 bits per heavy atom. The predicted octanol–water partition coefficient (Wildman–Crippen LogP) is 2.87. The number of carbonyl (C=O) groups excluding carboxylic acids is 2. The van der Waals surface area contributed by atoms with Crippen molar-refractivity contribution in [2.45, 2.75) is 31.0 Å². The zero-order valence-electron chi connectivity index (χ0n) is 14.8. The molecule has 140 valence electrons. The van der Waals surface area contributed by atoms with Gasteiger partial charge >= 0.3 is 0 Å². The van der Waals surface area contributed by atoms with E-state index in [1.165, 1.54) is 0 Å². The molecule has 0 saturated carbocycles. The molecule has 0 radical (unpaired) electrons. The van der Waals surface area contributed by atoms with Crippen molar-refractivity contribution in [2.24, 2.45) is 0 Å². The first-order valence-electron chi connectivity index (χ1n) is 8.29. The molecule has 2 aromatic rings. The van der Waals surface area contributed by atoms with Gasteiger partial charge in [-0.1, -0.05) is 36.1 Å². The summed E-state index contributed by atoms with van der Waals surface area (Å²) in [6, 6.07) is 6.99. The SMILES string of the molecule is CCC(=O)Nc1cccc(OCC(=O)NCCCSc2nnc(C)s2)c1. The normalized spacial score (nSPS) is 10.4. The lowest BCUT2D eigenvalue weighted by Crippen LogP contribution is -2.29. The number of nitrogens with zero attached hydrogens (tertiary/aromatic N) is 2. The van der Waals surface area contributed by atoms with Gasteiger partial charge in [0.25, 0.3) is 5.91 Å². The molecule has 0 atom stereocenters. The second kappa shape index (κ2) is 10.8. The average molecular weight is 395 g/mol. The van der Waals surface area contributed by atoms with Crippen molar-refractivity contribution in [3.63, 3.8) is 0 Å². The first-order valence-corrected chi connectivity index (χ1v) is 10.1. The number of ether oxygens (including phenoxy) is 1. The monoisotopic (exact) mass is 394 g/mol. The maximum absolute atomic E-state index is 11.8. The molecule has 0 aliphatic carbocycles. The minimum absolute atomic E-state index is 0.0616. The summed E-state index contributed by atoms with van der Waals surface area (Å²) < 4.78 is 6.42. The number of rotatable bonds is 10. The second-order valence-electron chi connectivity index (χ2n) is 5.36. The highest BCUT2D eigenvalue weighted by molar-refractivity contribution is 8.01. The van der Waals surface area contributed by atoms with Crippen LogP contribution in [0.4, 0.5) is 5.69 Å². The van der Waals surface area contributed by atoms with E-state index in [2.05, 4.69) is 20.8 Å². The van der Waals surface area contributed by atoms with Crippen LogP contribution in [0.15, 0.2) is 28.6 Å². The highest BCUT2D eigenvalue weighted by Gasteiger charge is 2.05. The highest BCUT2D eigenvalue weighted by atomic mass is 32.2. The van der Waals surface area contributed by atoms with Gasteiger partial charge < -0.3 is 15.4 Å². The highest BCUT2D eigenvalue weighted by Crippen LogP contribution is 2.22. The van der Waals surface area contributed by atoms with Crippen LogP contribution >= 0.6 is 23.1 Å². The molecule has 0 spiro atoms. The summed E-state index contributed by atoms with van der Waals surface area (Å²) in [6.07, 6.45) is 1.25. The van der Waals surface area contributed by atoms with Crippen LogP contribution < -0.4 is 15.4 Å². The fourth-order valence-electron chi connectivity index (χ4n) is 1.91. The molecule has 2 amide bonds. The molecule has 1 aromatic heterocycles. The summed E-state index contributed by atoms with van der Waals surface area (Å²) in [6.45, 7) is 4.23. The fraction of sp³-hybridized carbons (Fsp3) is 0.412. The van der Waals surface area contributed by atoms with Gasteiger partial charge in [0.1, 0.15) is 10.8 Å². The number of hydrogen-bond donors (Lipinski definition) is 2. The summed E-state index contributed by atoms with van der Waals surface area (Å²) in [7, 11) is 0. The van der Waals surface area contributed by atoms with E-state index in [9.17, 15) is 9.59 Å². The van der Waals surface area contributed by atoms with Crippen LogP contribution in [0.25, 0.3) is 0 Å². The van der Waals surface area contributed by atoms with Crippen molar-refractivity contribution in [2.75, 3.05) is 24.2 Å². The molecule has 7 nitrogen and oxygen atoms in total. The molecule has 1 heterocycles. The third-order valence-corrected chi connectivity index (χ3v) is 5.24. The molecule has 9 heteroatoms. The molecular formula is C17H22N4O3S2. The van der Waals surface area contributed by atoms with E-state index in [0.29, 0.717) is 24.4 Å². The van der Waals surface area contributed by atoms with E-state index in [0.717, 1.165) is 21.5 Å². The number of carbonyl (C=O) groups is 2. The van der Waals surface area contributed by atoms with Gasteiger partial charge in [0.15, 0.2) is 10.9 Å². The first kappa shape index (κ1) is 20.2. The topological polar surface area (TPSA) is 93.2 Å².